The number of halogens is 1. The molecular formula is C15H26ClN3. The maximum absolute atomic E-state index is 5.93. The molecule has 1 atom stereocenters. The van der Waals surface area contributed by atoms with E-state index in [1.165, 1.54) is 5.56 Å². The van der Waals surface area contributed by atoms with Crippen molar-refractivity contribution in [1.82, 2.24) is 10.3 Å². The molecule has 108 valence electrons. The van der Waals surface area contributed by atoms with Crippen molar-refractivity contribution in [3.05, 3.63) is 34.9 Å². The highest BCUT2D eigenvalue weighted by molar-refractivity contribution is 6.30. The molecular weight excluding hydrogens is 258 g/mol. The van der Waals surface area contributed by atoms with Gasteiger partial charge in [0.2, 0.25) is 0 Å². The van der Waals surface area contributed by atoms with Gasteiger partial charge in [-0.15, -0.1) is 0 Å². The fourth-order valence-electron chi connectivity index (χ4n) is 2.95. The van der Waals surface area contributed by atoms with Gasteiger partial charge in [-0.1, -0.05) is 37.6 Å². The second-order valence-electron chi connectivity index (χ2n) is 5.25. The number of benzene rings is 1. The lowest BCUT2D eigenvalue weighted by atomic mass is 9.80. The third-order valence-corrected chi connectivity index (χ3v) is 4.57. The van der Waals surface area contributed by atoms with Gasteiger partial charge >= 0.3 is 0 Å². The van der Waals surface area contributed by atoms with E-state index < -0.39 is 0 Å². The predicted octanol–water partition coefficient (Wildman–Crippen LogP) is 2.83. The second-order valence-corrected chi connectivity index (χ2v) is 5.69. The normalized spacial score (nSPS) is 13.8. The SMILES string of the molecule is CCC(CC)(C(Cc1ccc(Cl)cc1)NN)N(C)C. The summed E-state index contributed by atoms with van der Waals surface area (Å²) in [7, 11) is 4.25. The van der Waals surface area contributed by atoms with Gasteiger partial charge in [0.25, 0.3) is 0 Å². The lowest BCUT2D eigenvalue weighted by molar-refractivity contribution is 0.0882. The first-order valence-electron chi connectivity index (χ1n) is 6.88. The number of nitrogens with one attached hydrogen (secondary N) is 1. The van der Waals surface area contributed by atoms with E-state index in [4.69, 9.17) is 17.4 Å². The fraction of sp³-hybridized carbons (Fsp3) is 0.600. The summed E-state index contributed by atoms with van der Waals surface area (Å²) in [6.45, 7) is 4.44. The van der Waals surface area contributed by atoms with Crippen molar-refractivity contribution < 1.29 is 0 Å². The smallest absolute Gasteiger partial charge is 0.0434 e. The zero-order chi connectivity index (χ0) is 14.5. The number of nitrogens with zero attached hydrogens (tertiary/aromatic N) is 1. The molecule has 0 saturated heterocycles. The number of hydrogen-bond donors (Lipinski definition) is 2. The maximum Gasteiger partial charge on any atom is 0.0434 e. The zero-order valence-electron chi connectivity index (χ0n) is 12.4. The van der Waals surface area contributed by atoms with Crippen LogP contribution in [0.15, 0.2) is 24.3 Å². The van der Waals surface area contributed by atoms with Crippen molar-refractivity contribution in [3.8, 4) is 0 Å². The minimum absolute atomic E-state index is 0.0639. The summed E-state index contributed by atoms with van der Waals surface area (Å²) < 4.78 is 0. The Labute approximate surface area is 122 Å². The van der Waals surface area contributed by atoms with Gasteiger partial charge in [-0.3, -0.25) is 11.3 Å². The molecule has 4 heteroatoms. The molecule has 0 aliphatic heterocycles. The van der Waals surface area contributed by atoms with Crippen LogP contribution in [-0.4, -0.2) is 30.6 Å². The van der Waals surface area contributed by atoms with Crippen LogP contribution in [0.25, 0.3) is 0 Å². The molecule has 0 aromatic heterocycles. The number of likely N-dealkylation sites (N-methyl/N-ethyl adjacent to an activating group) is 1. The Balaban J connectivity index is 2.95. The van der Waals surface area contributed by atoms with Gasteiger partial charge < -0.3 is 4.90 Å². The van der Waals surface area contributed by atoms with Gasteiger partial charge in [0.15, 0.2) is 0 Å². The first-order chi connectivity index (χ1) is 9.00. The maximum atomic E-state index is 5.93. The number of hydrogen-bond acceptors (Lipinski definition) is 3. The summed E-state index contributed by atoms with van der Waals surface area (Å²) in [5, 5.41) is 0.769. The van der Waals surface area contributed by atoms with E-state index in [1.807, 2.05) is 12.1 Å². The Hall–Kier alpha value is -0.610. The Morgan fingerprint density at radius 3 is 2.11 bits per heavy atom. The molecule has 1 unspecified atom stereocenters. The van der Waals surface area contributed by atoms with Crippen molar-refractivity contribution in [2.75, 3.05) is 14.1 Å². The van der Waals surface area contributed by atoms with Crippen molar-refractivity contribution >= 4 is 11.6 Å². The van der Waals surface area contributed by atoms with Crippen LogP contribution in [0.5, 0.6) is 0 Å². The highest BCUT2D eigenvalue weighted by Crippen LogP contribution is 2.28. The van der Waals surface area contributed by atoms with Crippen LogP contribution >= 0.6 is 11.6 Å². The number of hydrazine groups is 1. The van der Waals surface area contributed by atoms with Crippen LogP contribution in [-0.2, 0) is 6.42 Å². The third kappa shape index (κ3) is 3.69. The van der Waals surface area contributed by atoms with Crippen molar-refractivity contribution in [2.24, 2.45) is 5.84 Å². The van der Waals surface area contributed by atoms with Crippen molar-refractivity contribution in [3.63, 3.8) is 0 Å². The standard InChI is InChI=1S/C15H26ClN3/c1-5-15(6-2,19(3)4)14(18-17)11-12-7-9-13(16)10-8-12/h7-10,14,18H,5-6,11,17H2,1-4H3. The van der Waals surface area contributed by atoms with Crippen molar-refractivity contribution in [2.45, 2.75) is 44.7 Å². The van der Waals surface area contributed by atoms with Crippen LogP contribution in [0, 0.1) is 0 Å². The largest absolute Gasteiger partial charge is 0.302 e. The molecule has 19 heavy (non-hydrogen) atoms. The molecule has 0 saturated carbocycles. The van der Waals surface area contributed by atoms with E-state index in [0.29, 0.717) is 0 Å². The molecule has 3 N–H and O–H groups in total. The van der Waals surface area contributed by atoms with Gasteiger partial charge in [-0.05, 0) is 51.1 Å². The van der Waals surface area contributed by atoms with Gasteiger partial charge in [0.05, 0.1) is 0 Å². The quantitative estimate of drug-likeness (QED) is 0.597. The molecule has 0 heterocycles. The summed E-state index contributed by atoms with van der Waals surface area (Å²) in [5.41, 5.74) is 4.33. The van der Waals surface area contributed by atoms with Crippen LogP contribution in [0.4, 0.5) is 0 Å². The average molecular weight is 284 g/mol. The Kier molecular flexibility index (Phi) is 6.27. The topological polar surface area (TPSA) is 41.3 Å². The molecule has 0 aliphatic carbocycles. The van der Waals surface area contributed by atoms with E-state index in [1.54, 1.807) is 0 Å². The molecule has 0 aliphatic rings. The summed E-state index contributed by atoms with van der Waals surface area (Å²) >= 11 is 5.93. The summed E-state index contributed by atoms with van der Waals surface area (Å²) in [5.74, 6) is 5.82. The molecule has 1 rings (SSSR count). The van der Waals surface area contributed by atoms with Gasteiger partial charge in [-0.2, -0.15) is 0 Å². The minimum atomic E-state index is 0.0639. The monoisotopic (exact) mass is 283 g/mol. The summed E-state index contributed by atoms with van der Waals surface area (Å²) in [6.07, 6.45) is 3.01. The van der Waals surface area contributed by atoms with Crippen molar-refractivity contribution in [1.29, 1.82) is 0 Å². The first kappa shape index (κ1) is 16.4. The molecule has 3 nitrogen and oxygen atoms in total. The highest BCUT2D eigenvalue weighted by Gasteiger charge is 2.37. The van der Waals surface area contributed by atoms with E-state index >= 15 is 0 Å². The van der Waals surface area contributed by atoms with E-state index in [9.17, 15) is 0 Å². The summed E-state index contributed by atoms with van der Waals surface area (Å²) in [6, 6.07) is 8.20. The first-order valence-corrected chi connectivity index (χ1v) is 7.26. The van der Waals surface area contributed by atoms with E-state index in [0.717, 1.165) is 24.3 Å². The third-order valence-electron chi connectivity index (χ3n) is 4.32. The molecule has 1 aromatic carbocycles. The highest BCUT2D eigenvalue weighted by atomic mass is 35.5. The van der Waals surface area contributed by atoms with Crippen LogP contribution in [0.2, 0.25) is 5.02 Å². The van der Waals surface area contributed by atoms with Gasteiger partial charge in [0, 0.05) is 16.6 Å². The van der Waals surface area contributed by atoms with E-state index in [-0.39, 0.29) is 11.6 Å². The zero-order valence-corrected chi connectivity index (χ0v) is 13.2. The Bertz CT molecular complexity index is 371. The Morgan fingerprint density at radius 2 is 1.74 bits per heavy atom. The number of rotatable bonds is 7. The molecule has 1 aromatic rings. The molecule has 0 bridgehead atoms. The minimum Gasteiger partial charge on any atom is -0.302 e. The lowest BCUT2D eigenvalue weighted by Crippen LogP contribution is -2.61. The average Bonchev–Trinajstić information content (AvgIpc) is 2.41. The van der Waals surface area contributed by atoms with Gasteiger partial charge in [0.1, 0.15) is 0 Å². The van der Waals surface area contributed by atoms with Crippen LogP contribution in [0.1, 0.15) is 32.3 Å². The van der Waals surface area contributed by atoms with Crippen LogP contribution in [0.3, 0.4) is 0 Å². The molecule has 0 amide bonds. The predicted molar refractivity (Wildman–Crippen MR) is 83.3 cm³/mol. The number of nitrogens with two attached hydrogens (primary N) is 1. The molecule has 0 fully saturated rings. The molecule has 0 spiro atoms. The van der Waals surface area contributed by atoms with E-state index in [2.05, 4.69) is 50.4 Å². The summed E-state index contributed by atoms with van der Waals surface area (Å²) in [4.78, 5) is 2.29. The molecule has 0 radical (unpaired) electrons. The fourth-order valence-corrected chi connectivity index (χ4v) is 3.07. The lowest BCUT2D eigenvalue weighted by Gasteiger charge is -2.45. The Morgan fingerprint density at radius 1 is 1.21 bits per heavy atom. The second kappa shape index (κ2) is 7.25. The van der Waals surface area contributed by atoms with Crippen LogP contribution < -0.4 is 11.3 Å². The van der Waals surface area contributed by atoms with Gasteiger partial charge in [-0.25, -0.2) is 0 Å².